The van der Waals surface area contributed by atoms with Crippen molar-refractivity contribution in [2.24, 2.45) is 0 Å². The molecular formula is C14H15N3O. The van der Waals surface area contributed by atoms with Gasteiger partial charge in [0.1, 0.15) is 5.54 Å². The Bertz CT molecular complexity index is 539. The van der Waals surface area contributed by atoms with Crippen LogP contribution in [0.2, 0.25) is 0 Å². The minimum atomic E-state index is -0.585. The molecule has 1 amide bonds. The zero-order valence-electron chi connectivity index (χ0n) is 10.4. The topological polar surface area (TPSA) is 64.9 Å². The number of carbonyl (C=O) groups is 1. The summed E-state index contributed by atoms with van der Waals surface area (Å²) in [7, 11) is 0. The molecule has 1 atom stereocenters. The lowest BCUT2D eigenvalue weighted by molar-refractivity contribution is -0.121. The van der Waals surface area contributed by atoms with Gasteiger partial charge in [0.2, 0.25) is 5.91 Å². The Hall–Kier alpha value is -2.28. The number of anilines is 1. The average molecular weight is 241 g/mol. The first-order valence-electron chi connectivity index (χ1n) is 5.80. The highest BCUT2D eigenvalue weighted by Gasteiger charge is 2.35. The molecule has 1 aromatic carbocycles. The molecule has 4 heteroatoms. The van der Waals surface area contributed by atoms with Crippen molar-refractivity contribution in [1.29, 1.82) is 5.26 Å². The molecule has 0 aliphatic carbocycles. The van der Waals surface area contributed by atoms with Crippen LogP contribution in [0.15, 0.2) is 36.0 Å². The zero-order valence-corrected chi connectivity index (χ0v) is 10.4. The molecule has 4 nitrogen and oxygen atoms in total. The number of nitrogens with one attached hydrogen (secondary N) is 2. The van der Waals surface area contributed by atoms with E-state index < -0.39 is 5.54 Å². The summed E-state index contributed by atoms with van der Waals surface area (Å²) in [5.41, 5.74) is 1.72. The molecule has 1 unspecified atom stereocenters. The highest BCUT2D eigenvalue weighted by atomic mass is 16.2. The summed E-state index contributed by atoms with van der Waals surface area (Å²) in [5, 5.41) is 14.7. The normalized spacial score (nSPS) is 21.7. The standard InChI is InChI=1S/C14H15N3O/c1-10-7-8-14(2,17-10)13(18)16-12-5-3-11(9-15)4-6-12/h3-7,17H,8H2,1-2H3,(H,16,18). The maximum absolute atomic E-state index is 12.2. The Morgan fingerprint density at radius 2 is 2.11 bits per heavy atom. The van der Waals surface area contributed by atoms with E-state index in [1.807, 2.05) is 26.0 Å². The predicted molar refractivity (Wildman–Crippen MR) is 69.7 cm³/mol. The molecule has 0 saturated carbocycles. The number of hydrogen-bond donors (Lipinski definition) is 2. The molecule has 1 heterocycles. The quantitative estimate of drug-likeness (QED) is 0.833. The molecule has 18 heavy (non-hydrogen) atoms. The van der Waals surface area contributed by atoms with E-state index in [2.05, 4.69) is 10.6 Å². The smallest absolute Gasteiger partial charge is 0.250 e. The van der Waals surface area contributed by atoms with Gasteiger partial charge in [0.05, 0.1) is 11.6 Å². The first-order valence-corrected chi connectivity index (χ1v) is 5.80. The van der Waals surface area contributed by atoms with Gasteiger partial charge in [-0.3, -0.25) is 4.79 Å². The van der Waals surface area contributed by atoms with Gasteiger partial charge in [0, 0.05) is 11.4 Å². The number of benzene rings is 1. The molecule has 0 aromatic heterocycles. The van der Waals surface area contributed by atoms with Crippen LogP contribution in [0.25, 0.3) is 0 Å². The van der Waals surface area contributed by atoms with Crippen molar-refractivity contribution in [1.82, 2.24) is 5.32 Å². The summed E-state index contributed by atoms with van der Waals surface area (Å²) >= 11 is 0. The summed E-state index contributed by atoms with van der Waals surface area (Å²) in [5.74, 6) is -0.0692. The number of nitrogens with zero attached hydrogens (tertiary/aromatic N) is 1. The van der Waals surface area contributed by atoms with Crippen molar-refractivity contribution in [3.8, 4) is 6.07 Å². The molecule has 2 rings (SSSR count). The highest BCUT2D eigenvalue weighted by Crippen LogP contribution is 2.22. The van der Waals surface area contributed by atoms with Crippen LogP contribution in [-0.2, 0) is 4.79 Å². The third-order valence-electron chi connectivity index (χ3n) is 3.06. The molecular weight excluding hydrogens is 226 g/mol. The fraction of sp³-hybridized carbons (Fsp3) is 0.286. The van der Waals surface area contributed by atoms with Gasteiger partial charge < -0.3 is 10.6 Å². The Morgan fingerprint density at radius 3 is 2.61 bits per heavy atom. The van der Waals surface area contributed by atoms with Crippen molar-refractivity contribution in [2.45, 2.75) is 25.8 Å². The lowest BCUT2D eigenvalue weighted by atomic mass is 9.99. The Kier molecular flexibility index (Phi) is 3.07. The van der Waals surface area contributed by atoms with Gasteiger partial charge in [-0.05, 0) is 44.5 Å². The molecule has 0 radical (unpaired) electrons. The summed E-state index contributed by atoms with van der Waals surface area (Å²) < 4.78 is 0. The van der Waals surface area contributed by atoms with Crippen LogP contribution >= 0.6 is 0 Å². The number of rotatable bonds is 2. The van der Waals surface area contributed by atoms with E-state index in [9.17, 15) is 4.79 Å². The average Bonchev–Trinajstić information content (AvgIpc) is 2.71. The molecule has 1 aliphatic heterocycles. The van der Waals surface area contributed by atoms with Crippen molar-refractivity contribution >= 4 is 11.6 Å². The minimum Gasteiger partial charge on any atom is -0.375 e. The van der Waals surface area contributed by atoms with E-state index in [0.29, 0.717) is 17.7 Å². The van der Waals surface area contributed by atoms with E-state index in [-0.39, 0.29) is 5.91 Å². The Labute approximate surface area is 106 Å². The molecule has 0 spiro atoms. The largest absolute Gasteiger partial charge is 0.375 e. The Morgan fingerprint density at radius 1 is 1.44 bits per heavy atom. The highest BCUT2D eigenvalue weighted by molar-refractivity contribution is 5.98. The molecule has 1 aromatic rings. The van der Waals surface area contributed by atoms with E-state index >= 15 is 0 Å². The van der Waals surface area contributed by atoms with Crippen LogP contribution in [0.4, 0.5) is 5.69 Å². The number of allylic oxidation sites excluding steroid dienone is 1. The van der Waals surface area contributed by atoms with Gasteiger partial charge >= 0.3 is 0 Å². The number of nitriles is 1. The SMILES string of the molecule is CC1=CCC(C)(C(=O)Nc2ccc(C#N)cc2)N1. The molecule has 0 saturated heterocycles. The van der Waals surface area contributed by atoms with Crippen molar-refractivity contribution < 1.29 is 4.79 Å². The maximum Gasteiger partial charge on any atom is 0.250 e. The zero-order chi connectivity index (χ0) is 13.2. The second-order valence-electron chi connectivity index (χ2n) is 4.69. The van der Waals surface area contributed by atoms with Crippen LogP contribution in [0.1, 0.15) is 25.8 Å². The van der Waals surface area contributed by atoms with E-state index in [1.165, 1.54) is 0 Å². The fourth-order valence-electron chi connectivity index (χ4n) is 1.94. The van der Waals surface area contributed by atoms with E-state index in [4.69, 9.17) is 5.26 Å². The third-order valence-corrected chi connectivity index (χ3v) is 3.06. The van der Waals surface area contributed by atoms with Gasteiger partial charge in [0.15, 0.2) is 0 Å². The summed E-state index contributed by atoms with van der Waals surface area (Å²) in [4.78, 5) is 12.2. The van der Waals surface area contributed by atoms with Gasteiger partial charge in [-0.15, -0.1) is 0 Å². The summed E-state index contributed by atoms with van der Waals surface area (Å²) in [6.45, 7) is 3.82. The van der Waals surface area contributed by atoms with Gasteiger partial charge in [0.25, 0.3) is 0 Å². The van der Waals surface area contributed by atoms with Gasteiger partial charge in [-0.1, -0.05) is 6.08 Å². The van der Waals surface area contributed by atoms with Crippen LogP contribution in [0.3, 0.4) is 0 Å². The summed E-state index contributed by atoms with van der Waals surface area (Å²) in [6, 6.07) is 8.87. The molecule has 0 fully saturated rings. The second-order valence-corrected chi connectivity index (χ2v) is 4.69. The monoisotopic (exact) mass is 241 g/mol. The first kappa shape index (κ1) is 12.2. The maximum atomic E-state index is 12.2. The molecule has 0 bridgehead atoms. The third kappa shape index (κ3) is 2.35. The van der Waals surface area contributed by atoms with Crippen LogP contribution in [-0.4, -0.2) is 11.4 Å². The lowest BCUT2D eigenvalue weighted by Gasteiger charge is -2.24. The van der Waals surface area contributed by atoms with Crippen molar-refractivity contribution in [3.63, 3.8) is 0 Å². The van der Waals surface area contributed by atoms with Gasteiger partial charge in [-0.2, -0.15) is 5.26 Å². The van der Waals surface area contributed by atoms with Gasteiger partial charge in [-0.25, -0.2) is 0 Å². The Balaban J connectivity index is 2.05. The molecule has 1 aliphatic rings. The second kappa shape index (κ2) is 4.53. The predicted octanol–water partition coefficient (Wildman–Crippen LogP) is 2.15. The number of hydrogen-bond acceptors (Lipinski definition) is 3. The number of carbonyl (C=O) groups excluding carboxylic acids is 1. The van der Waals surface area contributed by atoms with Crippen LogP contribution in [0, 0.1) is 11.3 Å². The van der Waals surface area contributed by atoms with Crippen LogP contribution < -0.4 is 10.6 Å². The molecule has 92 valence electrons. The molecule has 2 N–H and O–H groups in total. The summed E-state index contributed by atoms with van der Waals surface area (Å²) in [6.07, 6.45) is 2.69. The van der Waals surface area contributed by atoms with E-state index in [1.54, 1.807) is 24.3 Å². The number of amides is 1. The fourth-order valence-corrected chi connectivity index (χ4v) is 1.94. The minimum absolute atomic E-state index is 0.0692. The van der Waals surface area contributed by atoms with Crippen molar-refractivity contribution in [2.75, 3.05) is 5.32 Å². The van der Waals surface area contributed by atoms with Crippen molar-refractivity contribution in [3.05, 3.63) is 41.6 Å². The van der Waals surface area contributed by atoms with E-state index in [0.717, 1.165) is 5.70 Å². The first-order chi connectivity index (χ1) is 8.53. The van der Waals surface area contributed by atoms with Crippen LogP contribution in [0.5, 0.6) is 0 Å². The lowest BCUT2D eigenvalue weighted by Crippen LogP contribution is -2.48.